The second kappa shape index (κ2) is 11.0. The van der Waals surface area contributed by atoms with Crippen LogP contribution in [0.5, 0.6) is 23.0 Å². The van der Waals surface area contributed by atoms with E-state index in [1.807, 2.05) is 30.3 Å². The van der Waals surface area contributed by atoms with Gasteiger partial charge in [0.1, 0.15) is 30.0 Å². The molecule has 2 aliphatic rings. The molecule has 5 rings (SSSR count). The topological polar surface area (TPSA) is 79.2 Å². The molecule has 1 N–H and O–H groups in total. The molecule has 7 nitrogen and oxygen atoms in total. The minimum absolute atomic E-state index is 0.372. The predicted octanol–water partition coefficient (Wildman–Crippen LogP) is 5.12. The number of hydrogen-bond acceptors (Lipinski definition) is 7. The van der Waals surface area contributed by atoms with Crippen molar-refractivity contribution < 1.29 is 23.4 Å². The summed E-state index contributed by atoms with van der Waals surface area (Å²) in [6.45, 7) is 2.37. The van der Waals surface area contributed by atoms with Crippen molar-refractivity contribution in [1.29, 1.82) is 0 Å². The van der Waals surface area contributed by atoms with Gasteiger partial charge in [-0.1, -0.05) is 18.2 Å². The van der Waals surface area contributed by atoms with Gasteiger partial charge in [-0.15, -0.1) is 0 Å². The smallest absolute Gasteiger partial charge is 0.336 e. The number of benzene rings is 2. The van der Waals surface area contributed by atoms with Gasteiger partial charge in [0.25, 0.3) is 0 Å². The Kier molecular flexibility index (Phi) is 7.15. The van der Waals surface area contributed by atoms with Crippen molar-refractivity contribution in [2.45, 2.75) is 19.3 Å². The summed E-state index contributed by atoms with van der Waals surface area (Å²) in [6, 6.07) is 14.2. The fourth-order valence-corrected chi connectivity index (χ4v) is 3.81. The van der Waals surface area contributed by atoms with Crippen LogP contribution in [0.4, 0.5) is 0 Å². The van der Waals surface area contributed by atoms with Crippen LogP contribution in [0, 0.1) is 0 Å². The summed E-state index contributed by atoms with van der Waals surface area (Å²) >= 11 is 0. The molecule has 2 aromatic carbocycles. The van der Waals surface area contributed by atoms with Crippen molar-refractivity contribution in [3.05, 3.63) is 94.8 Å². The Morgan fingerprint density at radius 2 is 1.86 bits per heavy atom. The van der Waals surface area contributed by atoms with Crippen LogP contribution < -0.4 is 29.9 Å². The van der Waals surface area contributed by atoms with E-state index in [1.54, 1.807) is 18.4 Å². The van der Waals surface area contributed by atoms with Gasteiger partial charge in [-0.3, -0.25) is 0 Å². The molecular formula is C28H27NO6. The SMILES string of the molecule is O=c1ccc2ccc(OCCCNCC3=COc4ccc(OCC5=CC=CCC5)cc4O3)cc2o1. The van der Waals surface area contributed by atoms with E-state index in [9.17, 15) is 4.79 Å². The van der Waals surface area contributed by atoms with Crippen molar-refractivity contribution >= 4 is 11.0 Å². The summed E-state index contributed by atoms with van der Waals surface area (Å²) in [6.07, 6.45) is 10.9. The van der Waals surface area contributed by atoms with Gasteiger partial charge in [0.05, 0.1) is 13.2 Å². The monoisotopic (exact) mass is 473 g/mol. The Hall–Kier alpha value is -3.97. The summed E-state index contributed by atoms with van der Waals surface area (Å²) in [4.78, 5) is 11.4. The maximum absolute atomic E-state index is 11.4. The molecule has 1 aliphatic carbocycles. The van der Waals surface area contributed by atoms with Gasteiger partial charge in [0, 0.05) is 23.6 Å². The van der Waals surface area contributed by atoms with E-state index in [0.717, 1.165) is 36.9 Å². The highest BCUT2D eigenvalue weighted by atomic mass is 16.6. The number of fused-ring (bicyclic) bond motifs is 2. The van der Waals surface area contributed by atoms with Gasteiger partial charge in [0.2, 0.25) is 0 Å². The van der Waals surface area contributed by atoms with E-state index in [1.165, 1.54) is 11.6 Å². The molecule has 2 heterocycles. The van der Waals surface area contributed by atoms with Gasteiger partial charge >= 0.3 is 5.63 Å². The highest BCUT2D eigenvalue weighted by molar-refractivity contribution is 5.77. The lowest BCUT2D eigenvalue weighted by Gasteiger charge is -2.19. The van der Waals surface area contributed by atoms with Crippen LogP contribution in [0.3, 0.4) is 0 Å². The van der Waals surface area contributed by atoms with Crippen LogP contribution in [0.1, 0.15) is 19.3 Å². The van der Waals surface area contributed by atoms with Crippen molar-refractivity contribution in [2.75, 3.05) is 26.3 Å². The first-order chi connectivity index (χ1) is 17.2. The van der Waals surface area contributed by atoms with Crippen LogP contribution in [0.25, 0.3) is 11.0 Å². The Morgan fingerprint density at radius 1 is 0.971 bits per heavy atom. The first kappa shape index (κ1) is 22.8. The number of allylic oxidation sites excluding steroid dienone is 3. The zero-order valence-corrected chi connectivity index (χ0v) is 19.3. The Labute approximate surface area is 203 Å². The van der Waals surface area contributed by atoms with E-state index >= 15 is 0 Å². The average Bonchev–Trinajstić information content (AvgIpc) is 2.89. The van der Waals surface area contributed by atoms with Crippen LogP contribution in [0.15, 0.2) is 93.6 Å². The summed E-state index contributed by atoms with van der Waals surface area (Å²) in [5.74, 6) is 3.43. The predicted molar refractivity (Wildman–Crippen MR) is 133 cm³/mol. The van der Waals surface area contributed by atoms with Crippen molar-refractivity contribution in [3.63, 3.8) is 0 Å². The number of rotatable bonds is 10. The zero-order valence-electron chi connectivity index (χ0n) is 19.3. The third-order valence-electron chi connectivity index (χ3n) is 5.66. The third-order valence-corrected chi connectivity index (χ3v) is 5.66. The zero-order chi connectivity index (χ0) is 23.9. The van der Waals surface area contributed by atoms with Crippen LogP contribution in [-0.4, -0.2) is 26.3 Å². The van der Waals surface area contributed by atoms with Gasteiger partial charge in [-0.25, -0.2) is 4.79 Å². The highest BCUT2D eigenvalue weighted by Crippen LogP contribution is 2.35. The first-order valence-electron chi connectivity index (χ1n) is 11.8. The van der Waals surface area contributed by atoms with Crippen molar-refractivity contribution in [2.24, 2.45) is 0 Å². The molecule has 180 valence electrons. The molecule has 0 saturated carbocycles. The summed E-state index contributed by atoms with van der Waals surface area (Å²) in [5.41, 5.74) is 1.43. The second-order valence-corrected chi connectivity index (χ2v) is 8.33. The van der Waals surface area contributed by atoms with Gasteiger partial charge in [0.15, 0.2) is 17.3 Å². The Balaban J connectivity index is 1.04. The minimum Gasteiger partial charge on any atom is -0.493 e. The average molecular weight is 474 g/mol. The van der Waals surface area contributed by atoms with Crippen LogP contribution in [0.2, 0.25) is 0 Å². The molecular weight excluding hydrogens is 446 g/mol. The first-order valence-corrected chi connectivity index (χ1v) is 11.8. The lowest BCUT2D eigenvalue weighted by Crippen LogP contribution is -2.23. The van der Waals surface area contributed by atoms with Crippen LogP contribution >= 0.6 is 0 Å². The molecule has 0 saturated heterocycles. The van der Waals surface area contributed by atoms with E-state index in [4.69, 9.17) is 23.4 Å². The Bertz CT molecular complexity index is 1340. The highest BCUT2D eigenvalue weighted by Gasteiger charge is 2.15. The third kappa shape index (κ3) is 6.13. The molecule has 0 fully saturated rings. The quantitative estimate of drug-likeness (QED) is 0.323. The minimum atomic E-state index is -0.372. The largest absolute Gasteiger partial charge is 0.493 e. The molecule has 0 spiro atoms. The molecule has 0 unspecified atom stereocenters. The van der Waals surface area contributed by atoms with Crippen molar-refractivity contribution in [1.82, 2.24) is 5.32 Å². The molecule has 0 bridgehead atoms. The normalized spacial score (nSPS) is 14.4. The summed E-state index contributed by atoms with van der Waals surface area (Å²) in [5, 5.41) is 4.20. The molecule has 3 aromatic rings. The second-order valence-electron chi connectivity index (χ2n) is 8.33. The number of nitrogens with one attached hydrogen (secondary N) is 1. The lowest BCUT2D eigenvalue weighted by atomic mass is 10.1. The van der Waals surface area contributed by atoms with Gasteiger partial charge in [-0.2, -0.15) is 0 Å². The van der Waals surface area contributed by atoms with E-state index in [-0.39, 0.29) is 5.63 Å². The van der Waals surface area contributed by atoms with E-state index < -0.39 is 0 Å². The number of ether oxygens (including phenoxy) is 4. The maximum atomic E-state index is 11.4. The Morgan fingerprint density at radius 3 is 2.77 bits per heavy atom. The fraction of sp³-hybridized carbons (Fsp3) is 0.250. The summed E-state index contributed by atoms with van der Waals surface area (Å²) < 4.78 is 28.6. The maximum Gasteiger partial charge on any atom is 0.336 e. The molecule has 1 aliphatic heterocycles. The standard InChI is InChI=1S/C28H27NO6/c30-28-12-8-21-7-9-22(15-26(21)35-28)31-14-4-13-29-17-24-19-33-25-11-10-23(16-27(25)34-24)32-18-20-5-2-1-3-6-20/h1-2,5,7-12,15-16,19,29H,3-4,6,13-14,17-18H2. The van der Waals surface area contributed by atoms with E-state index in [2.05, 4.69) is 23.5 Å². The summed E-state index contributed by atoms with van der Waals surface area (Å²) in [7, 11) is 0. The lowest BCUT2D eigenvalue weighted by molar-refractivity contribution is 0.296. The molecule has 0 amide bonds. The van der Waals surface area contributed by atoms with E-state index in [0.29, 0.717) is 48.3 Å². The van der Waals surface area contributed by atoms with Gasteiger partial charge in [-0.05, 0) is 61.7 Å². The van der Waals surface area contributed by atoms with Gasteiger partial charge < -0.3 is 28.7 Å². The number of hydrogen-bond donors (Lipinski definition) is 1. The molecule has 0 radical (unpaired) electrons. The molecule has 0 atom stereocenters. The van der Waals surface area contributed by atoms with Crippen molar-refractivity contribution in [3.8, 4) is 23.0 Å². The fourth-order valence-electron chi connectivity index (χ4n) is 3.81. The van der Waals surface area contributed by atoms with Crippen LogP contribution in [-0.2, 0) is 0 Å². The molecule has 1 aromatic heterocycles. The molecule has 7 heteroatoms. The molecule has 35 heavy (non-hydrogen) atoms.